The normalized spacial score (nSPS) is 19.5. The number of benzene rings is 1. The van der Waals surface area contributed by atoms with Crippen LogP contribution in [0.5, 0.6) is 11.5 Å². The second-order valence-electron chi connectivity index (χ2n) is 6.12. The highest BCUT2D eigenvalue weighted by atomic mass is 16.5. The number of rotatable bonds is 6. The second-order valence-corrected chi connectivity index (χ2v) is 6.12. The second kappa shape index (κ2) is 7.04. The van der Waals surface area contributed by atoms with Crippen molar-refractivity contribution in [2.45, 2.75) is 25.8 Å². The molecule has 7 nitrogen and oxygen atoms in total. The number of hydrogen-bond donors (Lipinski definition) is 2. The summed E-state index contributed by atoms with van der Waals surface area (Å²) in [6.45, 7) is 3.23. The molecule has 0 fully saturated rings. The third-order valence-corrected chi connectivity index (χ3v) is 4.54. The van der Waals surface area contributed by atoms with E-state index in [0.29, 0.717) is 35.9 Å². The number of nitrogens with one attached hydrogen (secondary N) is 2. The van der Waals surface area contributed by atoms with Gasteiger partial charge in [-0.05, 0) is 24.1 Å². The zero-order valence-corrected chi connectivity index (χ0v) is 14.7. The maximum absolute atomic E-state index is 12.8. The van der Waals surface area contributed by atoms with Crippen molar-refractivity contribution in [1.82, 2.24) is 15.5 Å². The summed E-state index contributed by atoms with van der Waals surface area (Å²) in [4.78, 5) is 26.7. The van der Waals surface area contributed by atoms with Crippen LogP contribution in [0.25, 0.3) is 0 Å². The Morgan fingerprint density at radius 2 is 1.96 bits per heavy atom. The van der Waals surface area contributed by atoms with Gasteiger partial charge in [0.25, 0.3) is 5.91 Å². The van der Waals surface area contributed by atoms with E-state index in [4.69, 9.17) is 9.47 Å². The quantitative estimate of drug-likeness (QED) is 0.826. The summed E-state index contributed by atoms with van der Waals surface area (Å²) in [7, 11) is 3.12. The van der Waals surface area contributed by atoms with Crippen LogP contribution in [-0.4, -0.2) is 44.1 Å². The van der Waals surface area contributed by atoms with Gasteiger partial charge in [0.1, 0.15) is 0 Å². The van der Waals surface area contributed by atoms with E-state index < -0.39 is 6.04 Å². The lowest BCUT2D eigenvalue weighted by Gasteiger charge is -2.26. The first kappa shape index (κ1) is 17.1. The first-order valence-electron chi connectivity index (χ1n) is 8.40. The zero-order valence-electron chi connectivity index (χ0n) is 14.7. The monoisotopic (exact) mass is 345 g/mol. The molecule has 7 heteroatoms. The van der Waals surface area contributed by atoms with Crippen molar-refractivity contribution < 1.29 is 19.1 Å². The smallest absolute Gasteiger partial charge is 0.319 e. The molecule has 3 amide bonds. The van der Waals surface area contributed by atoms with Crippen LogP contribution < -0.4 is 20.1 Å². The Bertz CT molecular complexity index is 729. The minimum absolute atomic E-state index is 0.0317. The fourth-order valence-electron chi connectivity index (χ4n) is 3.24. The minimum atomic E-state index is -0.498. The van der Waals surface area contributed by atoms with E-state index in [9.17, 15) is 9.59 Å². The summed E-state index contributed by atoms with van der Waals surface area (Å²) in [5, 5.41) is 5.63. The molecule has 0 saturated heterocycles. The molecule has 0 aromatic heterocycles. The first-order valence-corrected chi connectivity index (χ1v) is 8.40. The summed E-state index contributed by atoms with van der Waals surface area (Å²) in [5.74, 6) is 1.13. The number of unbranched alkanes of at least 4 members (excludes halogenated alkanes) is 1. The van der Waals surface area contributed by atoms with Gasteiger partial charge < -0.3 is 25.0 Å². The van der Waals surface area contributed by atoms with E-state index in [0.717, 1.165) is 18.4 Å². The lowest BCUT2D eigenvalue weighted by atomic mass is 9.96. The largest absolute Gasteiger partial charge is 0.493 e. The van der Waals surface area contributed by atoms with Gasteiger partial charge in [0.2, 0.25) is 0 Å². The first-order chi connectivity index (χ1) is 12.1. The molecule has 0 unspecified atom stereocenters. The van der Waals surface area contributed by atoms with Crippen LogP contribution in [0.2, 0.25) is 0 Å². The molecule has 134 valence electrons. The van der Waals surface area contributed by atoms with Crippen LogP contribution in [0.15, 0.2) is 29.5 Å². The van der Waals surface area contributed by atoms with Gasteiger partial charge in [0.05, 0.1) is 38.1 Å². The van der Waals surface area contributed by atoms with Gasteiger partial charge >= 0.3 is 6.03 Å². The predicted octanol–water partition coefficient (Wildman–Crippen LogP) is 1.95. The molecule has 1 aromatic rings. The van der Waals surface area contributed by atoms with Crippen LogP contribution in [0.3, 0.4) is 0 Å². The number of urea groups is 1. The Labute approximate surface area is 147 Å². The molecule has 2 N–H and O–H groups in total. The van der Waals surface area contributed by atoms with Crippen LogP contribution in [0.1, 0.15) is 31.4 Å². The molecule has 0 aliphatic carbocycles. The van der Waals surface area contributed by atoms with Crippen molar-refractivity contribution in [2.24, 2.45) is 0 Å². The third kappa shape index (κ3) is 3.14. The highest BCUT2D eigenvalue weighted by molar-refractivity contribution is 6.01. The van der Waals surface area contributed by atoms with E-state index in [1.807, 2.05) is 6.07 Å². The average Bonchev–Trinajstić information content (AvgIpc) is 2.94. The van der Waals surface area contributed by atoms with Crippen LogP contribution in [0.4, 0.5) is 4.79 Å². The van der Waals surface area contributed by atoms with Gasteiger partial charge in [-0.1, -0.05) is 19.4 Å². The number of ether oxygens (including phenoxy) is 2. The van der Waals surface area contributed by atoms with Crippen molar-refractivity contribution in [3.05, 3.63) is 35.0 Å². The van der Waals surface area contributed by atoms with Crippen molar-refractivity contribution >= 4 is 11.9 Å². The highest BCUT2D eigenvalue weighted by Crippen LogP contribution is 2.36. The maximum Gasteiger partial charge on any atom is 0.319 e. The van der Waals surface area contributed by atoms with Crippen molar-refractivity contribution in [3.8, 4) is 11.5 Å². The van der Waals surface area contributed by atoms with Crippen LogP contribution in [-0.2, 0) is 4.79 Å². The Balaban J connectivity index is 1.94. The minimum Gasteiger partial charge on any atom is -0.493 e. The van der Waals surface area contributed by atoms with Gasteiger partial charge in [-0.3, -0.25) is 4.79 Å². The number of methoxy groups -OCH3 is 2. The SMILES string of the molecule is CCCCN1CC2=C(C1=O)[C@H](c1ccc(OC)c(OC)c1)NC(=O)N2. The molecule has 0 saturated carbocycles. The van der Waals surface area contributed by atoms with Gasteiger partial charge in [-0.15, -0.1) is 0 Å². The van der Waals surface area contributed by atoms with E-state index in [2.05, 4.69) is 17.6 Å². The van der Waals surface area contributed by atoms with E-state index in [1.54, 1.807) is 31.3 Å². The lowest BCUT2D eigenvalue weighted by molar-refractivity contribution is -0.125. The number of hydrogen-bond acceptors (Lipinski definition) is 4. The molecule has 2 heterocycles. The van der Waals surface area contributed by atoms with E-state index in [-0.39, 0.29) is 11.9 Å². The molecule has 25 heavy (non-hydrogen) atoms. The molecule has 2 aliphatic heterocycles. The maximum atomic E-state index is 12.8. The fourth-order valence-corrected chi connectivity index (χ4v) is 3.24. The molecule has 3 rings (SSSR count). The highest BCUT2D eigenvalue weighted by Gasteiger charge is 2.40. The summed E-state index contributed by atoms with van der Waals surface area (Å²) >= 11 is 0. The van der Waals surface area contributed by atoms with Crippen LogP contribution in [0, 0.1) is 0 Å². The number of nitrogens with zero attached hydrogens (tertiary/aromatic N) is 1. The Morgan fingerprint density at radius 3 is 2.64 bits per heavy atom. The summed E-state index contributed by atoms with van der Waals surface area (Å²) in [5.41, 5.74) is 2.07. The third-order valence-electron chi connectivity index (χ3n) is 4.54. The van der Waals surface area contributed by atoms with Gasteiger partial charge in [0, 0.05) is 6.54 Å². The average molecular weight is 345 g/mol. The summed E-state index contributed by atoms with van der Waals surface area (Å²) in [6.07, 6.45) is 1.95. The standard InChI is InChI=1S/C18H23N3O4/c1-4-5-8-21-10-12-15(17(21)22)16(20-18(23)19-12)11-6-7-13(24-2)14(9-11)25-3/h6-7,9,16H,4-5,8,10H2,1-3H3,(H2,19,20,23)/t16-/m0/s1. The number of amides is 3. The number of carbonyl (C=O) groups excluding carboxylic acids is 2. The van der Waals surface area contributed by atoms with E-state index >= 15 is 0 Å². The van der Waals surface area contributed by atoms with Crippen molar-refractivity contribution in [2.75, 3.05) is 27.3 Å². The predicted molar refractivity (Wildman–Crippen MR) is 92.5 cm³/mol. The number of carbonyl (C=O) groups is 2. The summed E-state index contributed by atoms with van der Waals surface area (Å²) < 4.78 is 10.6. The molecular weight excluding hydrogens is 322 g/mol. The molecule has 0 spiro atoms. The fraction of sp³-hybridized carbons (Fsp3) is 0.444. The van der Waals surface area contributed by atoms with Crippen molar-refractivity contribution in [1.29, 1.82) is 0 Å². The molecule has 0 radical (unpaired) electrons. The molecular formula is C18H23N3O4. The summed E-state index contributed by atoms with van der Waals surface area (Å²) in [6, 6.07) is 4.61. The van der Waals surface area contributed by atoms with E-state index in [1.165, 1.54) is 0 Å². The van der Waals surface area contributed by atoms with Gasteiger partial charge in [-0.25, -0.2) is 4.79 Å². The molecule has 2 aliphatic rings. The Morgan fingerprint density at radius 1 is 1.20 bits per heavy atom. The lowest BCUT2D eigenvalue weighted by Crippen LogP contribution is -2.44. The van der Waals surface area contributed by atoms with Crippen molar-refractivity contribution in [3.63, 3.8) is 0 Å². The molecule has 0 bridgehead atoms. The van der Waals surface area contributed by atoms with Gasteiger partial charge in [-0.2, -0.15) is 0 Å². The Kier molecular flexibility index (Phi) is 4.83. The molecule has 1 atom stereocenters. The van der Waals surface area contributed by atoms with Gasteiger partial charge in [0.15, 0.2) is 11.5 Å². The topological polar surface area (TPSA) is 79.9 Å². The van der Waals surface area contributed by atoms with Crippen LogP contribution >= 0.6 is 0 Å². The molecule has 1 aromatic carbocycles. The Hall–Kier alpha value is -2.70. The zero-order chi connectivity index (χ0) is 18.0.